The van der Waals surface area contributed by atoms with Gasteiger partial charge in [0, 0.05) is 0 Å². The highest BCUT2D eigenvalue weighted by atomic mass is 35.5. The first-order valence-electron chi connectivity index (χ1n) is 6.74. The Balaban J connectivity index is 0.00000264. The maximum atomic E-state index is 12.2. The predicted molar refractivity (Wildman–Crippen MR) is 94.1 cm³/mol. The van der Waals surface area contributed by atoms with E-state index in [1.165, 1.54) is 14.2 Å². The number of hydrogen-bond acceptors (Lipinski definition) is 4. The Morgan fingerprint density at radius 1 is 0.783 bits per heavy atom. The van der Waals surface area contributed by atoms with E-state index >= 15 is 0 Å². The van der Waals surface area contributed by atoms with E-state index in [1.54, 1.807) is 0 Å². The molecule has 0 saturated carbocycles. The first kappa shape index (κ1) is 19.1. The lowest BCUT2D eigenvalue weighted by molar-refractivity contribution is -0.150. The summed E-state index contributed by atoms with van der Waals surface area (Å²) in [6, 6.07) is 19.0. The minimum absolute atomic E-state index is 0. The van der Waals surface area contributed by atoms with E-state index in [9.17, 15) is 9.59 Å². The summed E-state index contributed by atoms with van der Waals surface area (Å²) in [6.07, 6.45) is 0. The van der Waals surface area contributed by atoms with Gasteiger partial charge in [0.15, 0.2) is 5.66 Å². The van der Waals surface area contributed by atoms with Crippen molar-refractivity contribution in [2.45, 2.75) is 5.66 Å². The minimum Gasteiger partial charge on any atom is -0.468 e. The zero-order valence-electron chi connectivity index (χ0n) is 12.8. The van der Waals surface area contributed by atoms with Gasteiger partial charge >= 0.3 is 11.9 Å². The van der Waals surface area contributed by atoms with E-state index in [1.807, 2.05) is 60.7 Å². The average Bonchev–Trinajstić information content (AvgIpc) is 2.59. The van der Waals surface area contributed by atoms with Crippen LogP contribution in [0, 0.1) is 0 Å². The highest BCUT2D eigenvalue weighted by Gasteiger charge is 2.38. The monoisotopic (exact) mass is 352 g/mol. The van der Waals surface area contributed by atoms with Crippen LogP contribution in [-0.2, 0) is 19.1 Å². The Hall–Kier alpha value is -1.90. The molecule has 0 aliphatic heterocycles. The normalized spacial score (nSPS) is 10.1. The largest absolute Gasteiger partial charge is 0.468 e. The summed E-state index contributed by atoms with van der Waals surface area (Å²) in [6.45, 7) is 0. The molecule has 2 aromatic carbocycles. The summed E-state index contributed by atoms with van der Waals surface area (Å²) in [4.78, 5) is 24.4. The number of ether oxygens (including phenoxy) is 2. The fourth-order valence-electron chi connectivity index (χ4n) is 2.15. The number of hydrogen-bond donors (Lipinski definition) is 0. The molecule has 0 radical (unpaired) electrons. The zero-order valence-corrected chi connectivity index (χ0v) is 14.6. The Morgan fingerprint density at radius 2 is 1.13 bits per heavy atom. The second-order valence-corrected chi connectivity index (χ2v) is 6.78. The van der Waals surface area contributed by atoms with E-state index in [0.29, 0.717) is 0 Å². The van der Waals surface area contributed by atoms with Crippen molar-refractivity contribution < 1.29 is 19.1 Å². The van der Waals surface area contributed by atoms with Crippen LogP contribution in [0.4, 0.5) is 0 Å². The molecule has 0 bridgehead atoms. The average molecular weight is 353 g/mol. The number of benzene rings is 2. The van der Waals surface area contributed by atoms with Gasteiger partial charge in [-0.3, -0.25) is 9.59 Å². The maximum Gasteiger partial charge on any atom is 0.325 e. The lowest BCUT2D eigenvalue weighted by Crippen LogP contribution is -2.36. The topological polar surface area (TPSA) is 52.6 Å². The fraction of sp³-hybridized carbons (Fsp3) is 0.176. The molecule has 0 aliphatic rings. The Bertz CT molecular complexity index is 578. The molecule has 0 aromatic heterocycles. The van der Waals surface area contributed by atoms with Crippen LogP contribution in [0.3, 0.4) is 0 Å². The van der Waals surface area contributed by atoms with Gasteiger partial charge in [-0.15, -0.1) is 12.4 Å². The van der Waals surface area contributed by atoms with Gasteiger partial charge in [0.2, 0.25) is 0 Å². The summed E-state index contributed by atoms with van der Waals surface area (Å²) < 4.78 is 9.67. The van der Waals surface area contributed by atoms with Crippen LogP contribution >= 0.6 is 20.3 Å². The van der Waals surface area contributed by atoms with Crippen LogP contribution in [0.15, 0.2) is 60.7 Å². The summed E-state index contributed by atoms with van der Waals surface area (Å²) in [5.41, 5.74) is -0.977. The SMILES string of the molecule is COC(=O)C(C(=O)OC)P(c1ccccc1)c1ccccc1.Cl. The molecule has 2 rings (SSSR count). The number of methoxy groups -OCH3 is 2. The van der Waals surface area contributed by atoms with Crippen molar-refractivity contribution in [3.63, 3.8) is 0 Å². The molecule has 0 unspecified atom stereocenters. The third kappa shape index (κ3) is 4.54. The van der Waals surface area contributed by atoms with Crippen molar-refractivity contribution in [1.82, 2.24) is 0 Å². The van der Waals surface area contributed by atoms with Gasteiger partial charge in [0.1, 0.15) is 0 Å². The highest BCUT2D eigenvalue weighted by molar-refractivity contribution is 7.75. The lowest BCUT2D eigenvalue weighted by Gasteiger charge is -2.24. The quantitative estimate of drug-likeness (QED) is 0.470. The van der Waals surface area contributed by atoms with Crippen LogP contribution < -0.4 is 10.6 Å². The van der Waals surface area contributed by atoms with Gasteiger partial charge in [-0.1, -0.05) is 60.7 Å². The third-order valence-electron chi connectivity index (χ3n) is 3.18. The summed E-state index contributed by atoms with van der Waals surface area (Å²) >= 11 is 0. The van der Waals surface area contributed by atoms with Gasteiger partial charge in [0.05, 0.1) is 14.2 Å². The van der Waals surface area contributed by atoms with Gasteiger partial charge < -0.3 is 9.47 Å². The smallest absolute Gasteiger partial charge is 0.325 e. The minimum atomic E-state index is -1.25. The van der Waals surface area contributed by atoms with Crippen molar-refractivity contribution in [1.29, 1.82) is 0 Å². The van der Waals surface area contributed by atoms with E-state index < -0.39 is 25.5 Å². The van der Waals surface area contributed by atoms with Crippen LogP contribution in [0.25, 0.3) is 0 Å². The molecule has 6 heteroatoms. The van der Waals surface area contributed by atoms with Crippen molar-refractivity contribution in [3.05, 3.63) is 60.7 Å². The maximum absolute atomic E-state index is 12.2. The lowest BCUT2D eigenvalue weighted by atomic mass is 10.4. The Morgan fingerprint density at radius 3 is 1.43 bits per heavy atom. The number of carbonyl (C=O) groups excluding carboxylic acids is 2. The number of esters is 2. The van der Waals surface area contributed by atoms with Crippen LogP contribution in [0.2, 0.25) is 0 Å². The molecule has 0 N–H and O–H groups in total. The van der Waals surface area contributed by atoms with E-state index in [0.717, 1.165) is 10.6 Å². The molecule has 4 nitrogen and oxygen atoms in total. The molecule has 0 atom stereocenters. The first-order valence-corrected chi connectivity index (χ1v) is 8.15. The van der Waals surface area contributed by atoms with E-state index in [4.69, 9.17) is 9.47 Å². The van der Waals surface area contributed by atoms with Gasteiger partial charge in [-0.25, -0.2) is 0 Å². The Kier molecular flexibility index (Phi) is 7.73. The molecule has 2 aromatic rings. The summed E-state index contributed by atoms with van der Waals surface area (Å²) in [5, 5.41) is 1.84. The molecule has 0 amide bonds. The predicted octanol–water partition coefficient (Wildman–Crippen LogP) is 2.26. The van der Waals surface area contributed by atoms with Crippen molar-refractivity contribution >= 4 is 42.9 Å². The molecule has 0 fully saturated rings. The molecule has 0 spiro atoms. The molecular formula is C17H18ClO4P. The highest BCUT2D eigenvalue weighted by Crippen LogP contribution is 2.40. The molecule has 122 valence electrons. The molecule has 0 saturated heterocycles. The van der Waals surface area contributed by atoms with Crippen molar-refractivity contribution in [2.24, 2.45) is 0 Å². The van der Waals surface area contributed by atoms with Crippen molar-refractivity contribution in [2.75, 3.05) is 14.2 Å². The van der Waals surface area contributed by atoms with E-state index in [-0.39, 0.29) is 12.4 Å². The van der Waals surface area contributed by atoms with Gasteiger partial charge in [-0.2, -0.15) is 0 Å². The number of carbonyl (C=O) groups is 2. The van der Waals surface area contributed by atoms with Gasteiger partial charge in [0.25, 0.3) is 0 Å². The number of rotatable bonds is 5. The second-order valence-electron chi connectivity index (χ2n) is 4.49. The van der Waals surface area contributed by atoms with Gasteiger partial charge in [-0.05, 0) is 18.5 Å². The zero-order chi connectivity index (χ0) is 15.9. The summed E-state index contributed by atoms with van der Waals surface area (Å²) in [7, 11) is 1.31. The third-order valence-corrected chi connectivity index (χ3v) is 5.82. The van der Waals surface area contributed by atoms with Crippen molar-refractivity contribution in [3.8, 4) is 0 Å². The number of halogens is 1. The van der Waals surface area contributed by atoms with Crippen LogP contribution in [-0.4, -0.2) is 31.8 Å². The van der Waals surface area contributed by atoms with Crippen LogP contribution in [0.5, 0.6) is 0 Å². The summed E-state index contributed by atoms with van der Waals surface area (Å²) in [5.74, 6) is -1.16. The second kappa shape index (κ2) is 9.29. The van der Waals surface area contributed by atoms with Crippen LogP contribution in [0.1, 0.15) is 0 Å². The fourth-order valence-corrected chi connectivity index (χ4v) is 4.67. The molecule has 0 heterocycles. The Labute approximate surface area is 143 Å². The first-order chi connectivity index (χ1) is 10.7. The molecule has 23 heavy (non-hydrogen) atoms. The molecule has 0 aliphatic carbocycles. The molecular weight excluding hydrogens is 335 g/mol. The van der Waals surface area contributed by atoms with E-state index in [2.05, 4.69) is 0 Å². The standard InChI is InChI=1S/C17H17O4P.ClH/c1-20-16(18)15(17(19)21-2)22(13-9-5-3-6-10-13)14-11-7-4-8-12-14;/h3-12,15H,1-2H3;1H.